The van der Waals surface area contributed by atoms with Crippen molar-refractivity contribution in [3.63, 3.8) is 0 Å². The second-order valence-electron chi connectivity index (χ2n) is 7.56. The highest BCUT2D eigenvalue weighted by atomic mass is 79.9. The van der Waals surface area contributed by atoms with Crippen molar-refractivity contribution >= 4 is 27.6 Å². The number of fused-ring (bicyclic) bond motifs is 3. The molecule has 0 saturated carbocycles. The Kier molecular flexibility index (Phi) is 5.25. The number of alkyl halides is 3. The summed E-state index contributed by atoms with van der Waals surface area (Å²) >= 11 is 2.93. The number of aromatic nitrogens is 3. The lowest BCUT2D eigenvalue weighted by molar-refractivity contribution is -0.0473. The van der Waals surface area contributed by atoms with E-state index >= 15 is 0 Å². The standard InChI is InChI=1S/C18H18BrF4N5O2/c19-15-13(21)12(1-5-24-15)25-16(29)27-6-2-11-10(7-27)14-18(22,23)4-3-17(30,8-20)9-28(14)26-11/h1,5,30H,2-4,6-9H2,(H,24,25,29). The summed E-state index contributed by atoms with van der Waals surface area (Å²) in [6, 6.07) is 0.625. The molecule has 7 nitrogen and oxygen atoms in total. The third-order valence-electron chi connectivity index (χ3n) is 5.42. The first kappa shape index (κ1) is 21.0. The van der Waals surface area contributed by atoms with Crippen LogP contribution < -0.4 is 5.32 Å². The summed E-state index contributed by atoms with van der Waals surface area (Å²) in [7, 11) is 0. The molecule has 0 radical (unpaired) electrons. The molecule has 4 rings (SSSR count). The molecular weight excluding hydrogens is 474 g/mol. The summed E-state index contributed by atoms with van der Waals surface area (Å²) in [5, 5.41) is 16.9. The van der Waals surface area contributed by atoms with E-state index in [2.05, 4.69) is 31.3 Å². The van der Waals surface area contributed by atoms with Gasteiger partial charge in [-0.3, -0.25) is 4.68 Å². The van der Waals surface area contributed by atoms with Crippen LogP contribution in [0.2, 0.25) is 0 Å². The van der Waals surface area contributed by atoms with Gasteiger partial charge >= 0.3 is 6.03 Å². The fourth-order valence-electron chi connectivity index (χ4n) is 3.81. The van der Waals surface area contributed by atoms with Crippen molar-refractivity contribution in [2.45, 2.75) is 43.9 Å². The highest BCUT2D eigenvalue weighted by Gasteiger charge is 2.47. The van der Waals surface area contributed by atoms with E-state index in [0.29, 0.717) is 5.69 Å². The predicted octanol–water partition coefficient (Wildman–Crippen LogP) is 3.36. The highest BCUT2D eigenvalue weighted by Crippen LogP contribution is 2.42. The lowest BCUT2D eigenvalue weighted by Crippen LogP contribution is -2.39. The first-order valence-corrected chi connectivity index (χ1v) is 10.0. The summed E-state index contributed by atoms with van der Waals surface area (Å²) in [4.78, 5) is 17.6. The third-order valence-corrected chi connectivity index (χ3v) is 5.97. The minimum atomic E-state index is -3.33. The summed E-state index contributed by atoms with van der Waals surface area (Å²) in [5.74, 6) is -4.08. The van der Waals surface area contributed by atoms with Crippen molar-refractivity contribution in [1.29, 1.82) is 0 Å². The molecule has 2 N–H and O–H groups in total. The molecule has 0 aromatic carbocycles. The van der Waals surface area contributed by atoms with Gasteiger partial charge in [0.25, 0.3) is 5.92 Å². The number of rotatable bonds is 2. The van der Waals surface area contributed by atoms with E-state index in [-0.39, 0.29) is 41.9 Å². The van der Waals surface area contributed by atoms with Crippen molar-refractivity contribution in [2.24, 2.45) is 0 Å². The molecule has 0 saturated heterocycles. The molecule has 0 bridgehead atoms. The zero-order valence-corrected chi connectivity index (χ0v) is 17.2. The van der Waals surface area contributed by atoms with E-state index in [0.717, 1.165) is 4.68 Å². The quantitative estimate of drug-likeness (QED) is 0.498. The summed E-state index contributed by atoms with van der Waals surface area (Å²) < 4.78 is 58.0. The SMILES string of the molecule is O=C(Nc1ccnc(Br)c1F)N1CCc2nn3c(c2C1)C(F)(F)CCC(O)(CF)C3. The van der Waals surface area contributed by atoms with Crippen molar-refractivity contribution in [2.75, 3.05) is 18.5 Å². The number of nitrogens with one attached hydrogen (secondary N) is 1. The number of hydrogen-bond donors (Lipinski definition) is 2. The molecule has 1 atom stereocenters. The lowest BCUT2D eigenvalue weighted by atomic mass is 9.96. The van der Waals surface area contributed by atoms with Gasteiger partial charge in [0.2, 0.25) is 0 Å². The van der Waals surface area contributed by atoms with Crippen LogP contribution in [0.5, 0.6) is 0 Å². The molecule has 162 valence electrons. The zero-order valence-electron chi connectivity index (χ0n) is 15.6. The van der Waals surface area contributed by atoms with Gasteiger partial charge in [-0.05, 0) is 28.4 Å². The van der Waals surface area contributed by atoms with Gasteiger partial charge in [-0.1, -0.05) is 0 Å². The van der Waals surface area contributed by atoms with Crippen LogP contribution in [0.15, 0.2) is 16.9 Å². The fourth-order valence-corrected chi connectivity index (χ4v) is 4.14. The van der Waals surface area contributed by atoms with Crippen LogP contribution in [0.25, 0.3) is 0 Å². The fraction of sp³-hybridized carbons (Fsp3) is 0.500. The number of amides is 2. The number of anilines is 1. The van der Waals surface area contributed by atoms with Crippen molar-refractivity contribution in [1.82, 2.24) is 19.7 Å². The van der Waals surface area contributed by atoms with E-state index in [1.54, 1.807) is 0 Å². The van der Waals surface area contributed by atoms with Crippen LogP contribution in [0.1, 0.15) is 29.8 Å². The Bertz CT molecular complexity index is 1000. The number of nitrogens with zero attached hydrogens (tertiary/aromatic N) is 4. The normalized spacial score (nSPS) is 22.8. The van der Waals surface area contributed by atoms with Crippen LogP contribution in [-0.4, -0.2) is 49.6 Å². The molecule has 0 aliphatic carbocycles. The van der Waals surface area contributed by atoms with E-state index < -0.39 is 48.6 Å². The molecule has 2 aromatic heterocycles. The van der Waals surface area contributed by atoms with Crippen LogP contribution in [0.4, 0.5) is 28.0 Å². The highest BCUT2D eigenvalue weighted by molar-refractivity contribution is 9.10. The van der Waals surface area contributed by atoms with Crippen molar-refractivity contribution in [3.8, 4) is 0 Å². The van der Waals surface area contributed by atoms with Crippen molar-refractivity contribution in [3.05, 3.63) is 39.6 Å². The Morgan fingerprint density at radius 3 is 2.87 bits per heavy atom. The Balaban J connectivity index is 1.61. The smallest absolute Gasteiger partial charge is 0.322 e. The van der Waals surface area contributed by atoms with Crippen LogP contribution >= 0.6 is 15.9 Å². The molecule has 2 aliphatic heterocycles. The molecule has 1 unspecified atom stereocenters. The molecule has 12 heteroatoms. The molecule has 2 amide bonds. The number of carbonyl (C=O) groups excluding carboxylic acids is 1. The van der Waals surface area contributed by atoms with E-state index in [1.807, 2.05) is 0 Å². The van der Waals surface area contributed by atoms with Gasteiger partial charge in [0, 0.05) is 31.1 Å². The van der Waals surface area contributed by atoms with Crippen LogP contribution in [-0.2, 0) is 25.4 Å². The molecule has 30 heavy (non-hydrogen) atoms. The number of urea groups is 1. The third kappa shape index (κ3) is 3.66. The average molecular weight is 492 g/mol. The molecule has 2 aliphatic rings. The summed E-state index contributed by atoms with van der Waals surface area (Å²) in [6.45, 7) is -1.52. The maximum Gasteiger partial charge on any atom is 0.322 e. The summed E-state index contributed by atoms with van der Waals surface area (Å²) in [5.41, 5.74) is -1.85. The minimum absolute atomic E-state index is 0.0665. The van der Waals surface area contributed by atoms with Gasteiger partial charge in [-0.25, -0.2) is 18.6 Å². The van der Waals surface area contributed by atoms with Gasteiger partial charge in [-0.2, -0.15) is 13.9 Å². The number of hydrogen-bond acceptors (Lipinski definition) is 4. The minimum Gasteiger partial charge on any atom is -0.385 e. The first-order valence-electron chi connectivity index (χ1n) is 9.25. The maximum absolute atomic E-state index is 14.9. The average Bonchev–Trinajstić information content (AvgIpc) is 3.02. The Morgan fingerprint density at radius 1 is 1.37 bits per heavy atom. The second kappa shape index (κ2) is 7.49. The maximum atomic E-state index is 14.9. The van der Waals surface area contributed by atoms with Crippen molar-refractivity contribution < 1.29 is 27.5 Å². The molecule has 2 aromatic rings. The second-order valence-corrected chi connectivity index (χ2v) is 8.31. The number of aliphatic hydroxyl groups is 1. The van der Waals surface area contributed by atoms with Crippen LogP contribution in [0.3, 0.4) is 0 Å². The summed E-state index contributed by atoms with van der Waals surface area (Å²) in [6.07, 6.45) is 0.375. The first-order chi connectivity index (χ1) is 14.1. The Labute approximate surface area is 177 Å². The number of pyridine rings is 1. The van der Waals surface area contributed by atoms with Crippen LogP contribution in [0, 0.1) is 5.82 Å². The van der Waals surface area contributed by atoms with Gasteiger partial charge in [0.15, 0.2) is 5.82 Å². The number of halogens is 5. The zero-order chi connectivity index (χ0) is 21.7. The molecule has 0 fully saturated rings. The Hall–Kier alpha value is -2.21. The van der Waals surface area contributed by atoms with E-state index in [4.69, 9.17) is 0 Å². The number of carbonyl (C=O) groups is 1. The van der Waals surface area contributed by atoms with E-state index in [9.17, 15) is 27.5 Å². The van der Waals surface area contributed by atoms with E-state index in [1.165, 1.54) is 17.2 Å². The topological polar surface area (TPSA) is 83.3 Å². The van der Waals surface area contributed by atoms with Gasteiger partial charge in [0.1, 0.15) is 22.6 Å². The molecule has 4 heterocycles. The molecule has 0 spiro atoms. The largest absolute Gasteiger partial charge is 0.385 e. The lowest BCUT2D eigenvalue weighted by Gasteiger charge is -2.28. The Morgan fingerprint density at radius 2 is 2.13 bits per heavy atom. The monoisotopic (exact) mass is 491 g/mol. The predicted molar refractivity (Wildman–Crippen MR) is 101 cm³/mol. The molecular formula is C18H18BrF4N5O2. The van der Waals surface area contributed by atoms with Gasteiger partial charge < -0.3 is 15.3 Å². The van der Waals surface area contributed by atoms with Gasteiger partial charge in [0.05, 0.1) is 24.5 Å². The van der Waals surface area contributed by atoms with Gasteiger partial charge in [-0.15, -0.1) is 0 Å².